The summed E-state index contributed by atoms with van der Waals surface area (Å²) in [6, 6.07) is -0.788. The second-order valence-corrected chi connectivity index (χ2v) is 13.1. The Kier molecular flexibility index (Phi) is 11.8. The number of carbonyl (C=O) groups is 5. The van der Waals surface area contributed by atoms with Gasteiger partial charge in [0.2, 0.25) is 23.6 Å². The Balaban J connectivity index is 2.06. The first kappa shape index (κ1) is 34.4. The minimum Gasteiger partial charge on any atom is -0.368 e. The molecule has 6 N–H and O–H groups in total. The molecule has 42 heavy (non-hydrogen) atoms. The Labute approximate surface area is 245 Å². The standard InChI is InChI=1S/C29H44F2N6O5/c1-28(2,3)14-23(38)33-11-7-8-21(25(32)40)35-26(41)22-13-18(16-37(22)24(39)15-29(4,5)6)34-27(42)36-20-10-9-17(30)12-19(20)31/h9-10,12,18,21-22H,7-8,11,13-16H2,1-6H3,(H2,32,40)(H,33,38)(H,35,41)(H2,34,36,42)/t18-,21-,22-/m0/s1. The van der Waals surface area contributed by atoms with Gasteiger partial charge in [-0.3, -0.25) is 19.2 Å². The van der Waals surface area contributed by atoms with Crippen LogP contribution < -0.4 is 27.0 Å². The van der Waals surface area contributed by atoms with Crippen LogP contribution in [-0.4, -0.2) is 65.8 Å². The fourth-order valence-corrected chi connectivity index (χ4v) is 4.59. The number of primary amides is 1. The number of nitrogens with one attached hydrogen (secondary N) is 4. The third kappa shape index (κ3) is 11.6. The summed E-state index contributed by atoms with van der Waals surface area (Å²) in [6.07, 6.45) is 1.06. The highest BCUT2D eigenvalue weighted by molar-refractivity contribution is 5.93. The van der Waals surface area contributed by atoms with E-state index in [1.165, 1.54) is 4.90 Å². The van der Waals surface area contributed by atoms with Crippen LogP contribution in [0.15, 0.2) is 18.2 Å². The molecule has 1 fully saturated rings. The molecule has 1 aromatic rings. The van der Waals surface area contributed by atoms with Gasteiger partial charge in [-0.2, -0.15) is 0 Å². The number of urea groups is 1. The molecule has 1 aliphatic heterocycles. The maximum Gasteiger partial charge on any atom is 0.319 e. The van der Waals surface area contributed by atoms with Crippen LogP contribution in [0, 0.1) is 22.5 Å². The summed E-state index contributed by atoms with van der Waals surface area (Å²) in [5.41, 5.74) is 4.75. The number of rotatable bonds is 11. The second-order valence-electron chi connectivity index (χ2n) is 13.1. The van der Waals surface area contributed by atoms with Crippen LogP contribution in [0.5, 0.6) is 0 Å². The van der Waals surface area contributed by atoms with Crippen molar-refractivity contribution in [2.24, 2.45) is 16.6 Å². The van der Waals surface area contributed by atoms with E-state index < -0.39 is 47.6 Å². The van der Waals surface area contributed by atoms with Crippen LogP contribution >= 0.6 is 0 Å². The number of halogens is 2. The Bertz CT molecular complexity index is 1160. The predicted molar refractivity (Wildman–Crippen MR) is 154 cm³/mol. The van der Waals surface area contributed by atoms with Gasteiger partial charge < -0.3 is 31.9 Å². The lowest BCUT2D eigenvalue weighted by atomic mass is 9.91. The highest BCUT2D eigenvalue weighted by Crippen LogP contribution is 2.26. The number of nitrogens with zero attached hydrogens (tertiary/aromatic N) is 1. The third-order valence-corrected chi connectivity index (χ3v) is 6.46. The molecule has 0 radical (unpaired) electrons. The van der Waals surface area contributed by atoms with Crippen molar-refractivity contribution in [2.45, 2.75) is 91.8 Å². The van der Waals surface area contributed by atoms with Crippen molar-refractivity contribution in [2.75, 3.05) is 18.4 Å². The third-order valence-electron chi connectivity index (χ3n) is 6.46. The number of benzene rings is 1. The van der Waals surface area contributed by atoms with Gasteiger partial charge >= 0.3 is 6.03 Å². The molecular formula is C29H44F2N6O5. The number of likely N-dealkylation sites (tertiary alicyclic amines) is 1. The Morgan fingerprint density at radius 2 is 1.67 bits per heavy atom. The first-order chi connectivity index (χ1) is 19.3. The number of carbonyl (C=O) groups excluding carboxylic acids is 5. The average Bonchev–Trinajstić information content (AvgIpc) is 3.24. The van der Waals surface area contributed by atoms with Crippen LogP contribution in [0.25, 0.3) is 0 Å². The molecule has 13 heteroatoms. The van der Waals surface area contributed by atoms with Crippen LogP contribution in [0.4, 0.5) is 19.3 Å². The van der Waals surface area contributed by atoms with Gasteiger partial charge in [-0.25, -0.2) is 13.6 Å². The maximum atomic E-state index is 14.0. The monoisotopic (exact) mass is 594 g/mol. The lowest BCUT2D eigenvalue weighted by molar-refractivity contribution is -0.140. The van der Waals surface area contributed by atoms with Crippen LogP contribution in [0.2, 0.25) is 0 Å². The molecule has 1 heterocycles. The molecule has 2 rings (SSSR count). The summed E-state index contributed by atoms with van der Waals surface area (Å²) in [7, 11) is 0. The van der Waals surface area contributed by atoms with Gasteiger partial charge in [-0.1, -0.05) is 41.5 Å². The topological polar surface area (TPSA) is 163 Å². The summed E-state index contributed by atoms with van der Waals surface area (Å²) < 4.78 is 27.2. The van der Waals surface area contributed by atoms with Crippen molar-refractivity contribution in [3.8, 4) is 0 Å². The number of amides is 6. The number of hydrogen-bond donors (Lipinski definition) is 5. The van der Waals surface area contributed by atoms with E-state index in [2.05, 4.69) is 21.3 Å². The van der Waals surface area contributed by atoms with Crippen LogP contribution in [0.3, 0.4) is 0 Å². The molecule has 0 bridgehead atoms. The molecule has 0 saturated carbocycles. The molecule has 0 aromatic heterocycles. The minimum absolute atomic E-state index is 0.00731. The van der Waals surface area contributed by atoms with Crippen molar-refractivity contribution in [3.63, 3.8) is 0 Å². The molecule has 0 spiro atoms. The van der Waals surface area contributed by atoms with Gasteiger partial charge in [0.15, 0.2) is 0 Å². The van der Waals surface area contributed by atoms with Gasteiger partial charge in [-0.05, 0) is 42.2 Å². The fourth-order valence-electron chi connectivity index (χ4n) is 4.59. The number of anilines is 1. The predicted octanol–water partition coefficient (Wildman–Crippen LogP) is 2.79. The first-order valence-corrected chi connectivity index (χ1v) is 14.0. The summed E-state index contributed by atoms with van der Waals surface area (Å²) in [5.74, 6) is -3.55. The zero-order valence-electron chi connectivity index (χ0n) is 25.2. The van der Waals surface area contributed by atoms with E-state index in [1.807, 2.05) is 41.5 Å². The van der Waals surface area contributed by atoms with Crippen molar-refractivity contribution in [3.05, 3.63) is 29.8 Å². The lowest BCUT2D eigenvalue weighted by Gasteiger charge is -2.28. The fraction of sp³-hybridized carbons (Fsp3) is 0.621. The molecule has 6 amide bonds. The summed E-state index contributed by atoms with van der Waals surface area (Å²) >= 11 is 0. The SMILES string of the molecule is CC(C)(C)CC(=O)NCCC[C@H](NC(=O)[C@@H]1C[C@H](NC(=O)Nc2ccc(F)cc2F)CN1C(=O)CC(C)(C)C)C(N)=O. The van der Waals surface area contributed by atoms with Crippen LogP contribution in [-0.2, 0) is 19.2 Å². The molecule has 0 unspecified atom stereocenters. The van der Waals surface area contributed by atoms with E-state index in [-0.39, 0.29) is 54.1 Å². The van der Waals surface area contributed by atoms with Gasteiger partial charge in [0.05, 0.1) is 11.7 Å². The Morgan fingerprint density at radius 1 is 1.02 bits per heavy atom. The van der Waals surface area contributed by atoms with Crippen molar-refractivity contribution >= 4 is 35.3 Å². The van der Waals surface area contributed by atoms with E-state index in [0.29, 0.717) is 25.5 Å². The summed E-state index contributed by atoms with van der Waals surface area (Å²) in [5, 5.41) is 10.3. The van der Waals surface area contributed by atoms with Gasteiger partial charge in [0.1, 0.15) is 23.7 Å². The highest BCUT2D eigenvalue weighted by atomic mass is 19.1. The molecule has 1 saturated heterocycles. The molecule has 1 aliphatic rings. The van der Waals surface area contributed by atoms with E-state index in [4.69, 9.17) is 5.73 Å². The zero-order valence-corrected chi connectivity index (χ0v) is 25.2. The molecule has 11 nitrogen and oxygen atoms in total. The number of nitrogens with two attached hydrogens (primary N) is 1. The maximum absolute atomic E-state index is 14.0. The van der Waals surface area contributed by atoms with Crippen LogP contribution in [0.1, 0.15) is 73.6 Å². The quantitative estimate of drug-likeness (QED) is 0.249. The Morgan fingerprint density at radius 3 is 2.24 bits per heavy atom. The molecule has 3 atom stereocenters. The van der Waals surface area contributed by atoms with E-state index >= 15 is 0 Å². The summed E-state index contributed by atoms with van der Waals surface area (Å²) in [6.45, 7) is 11.8. The zero-order chi connectivity index (χ0) is 31.8. The molecule has 1 aromatic carbocycles. The van der Waals surface area contributed by atoms with Crippen molar-refractivity contribution in [1.29, 1.82) is 0 Å². The first-order valence-electron chi connectivity index (χ1n) is 14.0. The normalized spacial score (nSPS) is 17.8. The van der Waals surface area contributed by atoms with E-state index in [0.717, 1.165) is 12.1 Å². The largest absolute Gasteiger partial charge is 0.368 e. The van der Waals surface area contributed by atoms with Crippen molar-refractivity contribution in [1.82, 2.24) is 20.9 Å². The summed E-state index contributed by atoms with van der Waals surface area (Å²) in [4.78, 5) is 64.6. The van der Waals surface area contributed by atoms with Gasteiger partial charge in [0, 0.05) is 32.0 Å². The lowest BCUT2D eigenvalue weighted by Crippen LogP contribution is -2.52. The van der Waals surface area contributed by atoms with E-state index in [1.54, 1.807) is 0 Å². The van der Waals surface area contributed by atoms with E-state index in [9.17, 15) is 32.8 Å². The average molecular weight is 595 g/mol. The minimum atomic E-state index is -1.03. The van der Waals surface area contributed by atoms with Crippen molar-refractivity contribution < 1.29 is 32.8 Å². The van der Waals surface area contributed by atoms with Gasteiger partial charge in [0.25, 0.3) is 0 Å². The Hall–Kier alpha value is -3.77. The highest BCUT2D eigenvalue weighted by Gasteiger charge is 2.41. The molecular weight excluding hydrogens is 550 g/mol. The number of hydrogen-bond acceptors (Lipinski definition) is 5. The smallest absolute Gasteiger partial charge is 0.319 e. The molecule has 0 aliphatic carbocycles. The second kappa shape index (κ2) is 14.4. The van der Waals surface area contributed by atoms with Gasteiger partial charge in [-0.15, -0.1) is 0 Å². The molecule has 234 valence electrons.